The third kappa shape index (κ3) is 18.4. The first-order valence-corrected chi connectivity index (χ1v) is 12.2. The standard InChI is InChI=1S/C20H52N4O4Si/c1-21(2,3)13-17-25-29(26-18-14-22(4,5)6,27-19-15-23(7,8)9)28-20-16-24(10,11)12/h13-20H2,1-12H3/q+4. The second-order valence-electron chi connectivity index (χ2n) is 11.9. The van der Waals surface area contributed by atoms with Gasteiger partial charge in [0.25, 0.3) is 0 Å². The summed E-state index contributed by atoms with van der Waals surface area (Å²) in [7, 11) is 22.6. The molecule has 0 amide bonds. The molecule has 0 aliphatic rings. The molecule has 0 saturated carbocycles. The van der Waals surface area contributed by atoms with Crippen molar-refractivity contribution in [2.24, 2.45) is 0 Å². The topological polar surface area (TPSA) is 36.9 Å². The fraction of sp³-hybridized carbons (Fsp3) is 1.00. The van der Waals surface area contributed by atoms with Crippen LogP contribution in [0.2, 0.25) is 0 Å². The second-order valence-corrected chi connectivity index (χ2v) is 14.1. The highest BCUT2D eigenvalue weighted by molar-refractivity contribution is 6.53. The lowest BCUT2D eigenvalue weighted by atomic mass is 10.5. The van der Waals surface area contributed by atoms with Gasteiger partial charge in [0.05, 0.1) is 111 Å². The van der Waals surface area contributed by atoms with Crippen LogP contribution in [0, 0.1) is 0 Å². The van der Waals surface area contributed by atoms with E-state index in [1.807, 2.05) is 0 Å². The van der Waals surface area contributed by atoms with Gasteiger partial charge in [-0.2, -0.15) is 0 Å². The Bertz CT molecular complexity index is 366. The summed E-state index contributed by atoms with van der Waals surface area (Å²) in [5.41, 5.74) is 0. The molecule has 0 rings (SSSR count). The van der Waals surface area contributed by atoms with E-state index in [0.717, 1.165) is 44.1 Å². The average molecular weight is 441 g/mol. The minimum Gasteiger partial charge on any atom is -0.345 e. The van der Waals surface area contributed by atoms with Gasteiger partial charge in [-0.05, 0) is 0 Å². The molecule has 0 unspecified atom stereocenters. The molecule has 0 heterocycles. The predicted molar refractivity (Wildman–Crippen MR) is 121 cm³/mol. The van der Waals surface area contributed by atoms with Crippen molar-refractivity contribution in [3.8, 4) is 0 Å². The van der Waals surface area contributed by atoms with Crippen molar-refractivity contribution < 1.29 is 35.6 Å². The van der Waals surface area contributed by atoms with Crippen LogP contribution in [0.4, 0.5) is 0 Å². The van der Waals surface area contributed by atoms with E-state index >= 15 is 0 Å². The highest BCUT2D eigenvalue weighted by Gasteiger charge is 2.47. The molecule has 0 aromatic rings. The van der Waals surface area contributed by atoms with Gasteiger partial charge in [-0.15, -0.1) is 0 Å². The van der Waals surface area contributed by atoms with Crippen LogP contribution in [0.25, 0.3) is 0 Å². The smallest absolute Gasteiger partial charge is 0.345 e. The fourth-order valence-electron chi connectivity index (χ4n) is 2.03. The second kappa shape index (κ2) is 11.5. The van der Waals surface area contributed by atoms with Crippen LogP contribution in [0.1, 0.15) is 0 Å². The molecule has 0 spiro atoms. The molecule has 0 fully saturated rings. The van der Waals surface area contributed by atoms with Crippen LogP contribution in [0.15, 0.2) is 0 Å². The van der Waals surface area contributed by atoms with Gasteiger partial charge in [-0.3, -0.25) is 0 Å². The Balaban J connectivity index is 5.26. The number of quaternary nitrogens is 4. The van der Waals surface area contributed by atoms with Gasteiger partial charge in [0.1, 0.15) is 26.2 Å². The molecule has 29 heavy (non-hydrogen) atoms. The third-order valence-corrected chi connectivity index (χ3v) is 6.39. The predicted octanol–water partition coefficient (Wildman–Crippen LogP) is 0.313. The maximum absolute atomic E-state index is 6.29. The van der Waals surface area contributed by atoms with Crippen molar-refractivity contribution >= 4 is 9.05 Å². The number of hydrogen-bond acceptors (Lipinski definition) is 4. The van der Waals surface area contributed by atoms with E-state index < -0.39 is 9.05 Å². The van der Waals surface area contributed by atoms with E-state index in [1.54, 1.807) is 0 Å². The Kier molecular flexibility index (Phi) is 11.5. The summed E-state index contributed by atoms with van der Waals surface area (Å²) in [6, 6.07) is 0. The summed E-state index contributed by atoms with van der Waals surface area (Å²) in [5, 5.41) is 0. The van der Waals surface area contributed by atoms with Crippen LogP contribution in [0.5, 0.6) is 0 Å². The van der Waals surface area contributed by atoms with E-state index in [2.05, 4.69) is 84.6 Å². The summed E-state index contributed by atoms with van der Waals surface area (Å²) in [4.78, 5) is 0. The quantitative estimate of drug-likeness (QED) is 0.256. The lowest BCUT2D eigenvalue weighted by Crippen LogP contribution is -2.55. The molecule has 0 aliphatic carbocycles. The highest BCUT2D eigenvalue weighted by Crippen LogP contribution is 2.14. The van der Waals surface area contributed by atoms with Crippen molar-refractivity contribution in [2.45, 2.75) is 0 Å². The monoisotopic (exact) mass is 440 g/mol. The fourth-order valence-corrected chi connectivity index (χ4v) is 3.89. The first-order valence-electron chi connectivity index (χ1n) is 10.6. The average Bonchev–Trinajstić information content (AvgIpc) is 2.41. The minimum absolute atomic E-state index is 0.550. The maximum Gasteiger partial charge on any atom is 0.680 e. The van der Waals surface area contributed by atoms with Crippen molar-refractivity contribution in [3.63, 3.8) is 0 Å². The zero-order valence-corrected chi connectivity index (χ0v) is 22.6. The van der Waals surface area contributed by atoms with E-state index in [1.165, 1.54) is 0 Å². The number of nitrogens with zero attached hydrogens (tertiary/aromatic N) is 4. The van der Waals surface area contributed by atoms with Crippen LogP contribution in [-0.4, -0.2) is 164 Å². The zero-order valence-electron chi connectivity index (χ0n) is 21.6. The van der Waals surface area contributed by atoms with E-state index in [9.17, 15) is 0 Å². The van der Waals surface area contributed by atoms with Crippen molar-refractivity contribution in [1.82, 2.24) is 0 Å². The van der Waals surface area contributed by atoms with E-state index in [4.69, 9.17) is 17.7 Å². The minimum atomic E-state index is -3.23. The van der Waals surface area contributed by atoms with Crippen molar-refractivity contribution in [1.29, 1.82) is 0 Å². The molecule has 0 aliphatic heterocycles. The molecule has 0 N–H and O–H groups in total. The lowest BCUT2D eigenvalue weighted by Gasteiger charge is -2.33. The molecular formula is C20H52N4O4Si+4. The maximum atomic E-state index is 6.29. The summed E-state index contributed by atoms with van der Waals surface area (Å²) < 4.78 is 28.4. The molecule has 9 heteroatoms. The highest BCUT2D eigenvalue weighted by atomic mass is 28.4. The molecule has 0 saturated heterocycles. The van der Waals surface area contributed by atoms with Gasteiger partial charge in [0, 0.05) is 0 Å². The Morgan fingerprint density at radius 3 is 0.690 bits per heavy atom. The molecule has 0 aromatic heterocycles. The molecule has 0 radical (unpaired) electrons. The molecular weight excluding hydrogens is 388 g/mol. The van der Waals surface area contributed by atoms with Gasteiger partial charge < -0.3 is 35.6 Å². The van der Waals surface area contributed by atoms with Gasteiger partial charge in [-0.1, -0.05) is 0 Å². The molecule has 0 aromatic carbocycles. The lowest BCUT2D eigenvalue weighted by molar-refractivity contribution is -0.871. The Labute approximate surface area is 182 Å². The number of hydrogen-bond donors (Lipinski definition) is 0. The van der Waals surface area contributed by atoms with E-state index in [0.29, 0.717) is 26.4 Å². The first kappa shape index (κ1) is 28.9. The summed E-state index contributed by atoms with van der Waals surface area (Å²) >= 11 is 0. The molecule has 8 nitrogen and oxygen atoms in total. The molecule has 176 valence electrons. The van der Waals surface area contributed by atoms with E-state index in [-0.39, 0.29) is 0 Å². The normalized spacial score (nSPS) is 14.5. The largest absolute Gasteiger partial charge is 0.680 e. The summed E-state index contributed by atoms with van der Waals surface area (Å²) in [6.45, 7) is 5.67. The molecule has 0 bridgehead atoms. The summed E-state index contributed by atoms with van der Waals surface area (Å²) in [6.07, 6.45) is 0. The van der Waals surface area contributed by atoms with Crippen LogP contribution >= 0.6 is 0 Å². The van der Waals surface area contributed by atoms with Crippen molar-refractivity contribution in [2.75, 3.05) is 137 Å². The van der Waals surface area contributed by atoms with Gasteiger partial charge in [0.2, 0.25) is 0 Å². The molecule has 0 atom stereocenters. The van der Waals surface area contributed by atoms with Gasteiger partial charge >= 0.3 is 9.05 Å². The third-order valence-electron chi connectivity index (χ3n) is 4.16. The van der Waals surface area contributed by atoms with Gasteiger partial charge in [-0.25, -0.2) is 0 Å². The van der Waals surface area contributed by atoms with Crippen LogP contribution < -0.4 is 0 Å². The SMILES string of the molecule is C[N+](C)(C)CCO[Si](OCC[N+](C)(C)C)(OCC[N+](C)(C)C)OCC[N+](C)(C)C. The number of likely N-dealkylation sites (N-methyl/N-ethyl adjacent to an activating group) is 4. The Morgan fingerprint density at radius 1 is 0.379 bits per heavy atom. The van der Waals surface area contributed by atoms with Crippen molar-refractivity contribution in [3.05, 3.63) is 0 Å². The zero-order chi connectivity index (χ0) is 23.0. The van der Waals surface area contributed by atoms with Crippen LogP contribution in [-0.2, 0) is 17.7 Å². The van der Waals surface area contributed by atoms with Crippen LogP contribution in [0.3, 0.4) is 0 Å². The number of rotatable bonds is 16. The Morgan fingerprint density at radius 2 is 0.552 bits per heavy atom. The first-order chi connectivity index (χ1) is 12.8. The van der Waals surface area contributed by atoms with Gasteiger partial charge in [0.15, 0.2) is 0 Å². The Hall–Kier alpha value is -0.103. The summed E-state index contributed by atoms with van der Waals surface area (Å²) in [5.74, 6) is 0.